The molecule has 0 fully saturated rings. The van der Waals surface area contributed by atoms with Crippen LogP contribution in [0.2, 0.25) is 0 Å². The van der Waals surface area contributed by atoms with Crippen LogP contribution < -0.4 is 25.0 Å². The number of carbonyl (C=O) groups is 1. The number of benzene rings is 2. The Morgan fingerprint density at radius 2 is 1.72 bits per heavy atom. The van der Waals surface area contributed by atoms with E-state index in [4.69, 9.17) is 9.47 Å². The van der Waals surface area contributed by atoms with Crippen molar-refractivity contribution < 1.29 is 14.3 Å². The van der Waals surface area contributed by atoms with Gasteiger partial charge in [-0.2, -0.15) is 0 Å². The normalized spacial score (nSPS) is 10.2. The monoisotopic (exact) mass is 392 g/mol. The predicted octanol–water partition coefficient (Wildman–Crippen LogP) is 4.16. The smallest absolute Gasteiger partial charge is 0.257 e. The molecule has 1 heterocycles. The van der Waals surface area contributed by atoms with E-state index in [0.29, 0.717) is 28.6 Å². The molecule has 150 valence electrons. The second-order valence-electron chi connectivity index (χ2n) is 6.52. The highest BCUT2D eigenvalue weighted by molar-refractivity contribution is 6.05. The lowest BCUT2D eigenvalue weighted by atomic mass is 10.2. The number of anilines is 4. The molecule has 0 spiro atoms. The van der Waals surface area contributed by atoms with Gasteiger partial charge in [0.1, 0.15) is 17.3 Å². The Kier molecular flexibility index (Phi) is 6.19. The maximum absolute atomic E-state index is 12.6. The van der Waals surface area contributed by atoms with Crippen LogP contribution in [0.3, 0.4) is 0 Å². The van der Waals surface area contributed by atoms with Crippen molar-refractivity contribution in [3.63, 3.8) is 0 Å². The van der Waals surface area contributed by atoms with Gasteiger partial charge < -0.3 is 25.0 Å². The summed E-state index contributed by atoms with van der Waals surface area (Å²) in [4.78, 5) is 18.9. The summed E-state index contributed by atoms with van der Waals surface area (Å²) in [6, 6.07) is 16.7. The molecular weight excluding hydrogens is 368 g/mol. The number of carbonyl (C=O) groups excluding carboxylic acids is 1. The average molecular weight is 392 g/mol. The molecular formula is C22H24N4O3. The van der Waals surface area contributed by atoms with Crippen molar-refractivity contribution in [3.8, 4) is 11.5 Å². The van der Waals surface area contributed by atoms with E-state index in [1.807, 2.05) is 43.3 Å². The third kappa shape index (κ3) is 4.95. The number of ether oxygens (including phenoxy) is 2. The number of nitrogens with zero attached hydrogens (tertiary/aromatic N) is 2. The lowest BCUT2D eigenvalue weighted by molar-refractivity contribution is 0.102. The largest absolute Gasteiger partial charge is 0.497 e. The molecule has 0 aliphatic rings. The number of methoxy groups -OCH3 is 2. The van der Waals surface area contributed by atoms with Crippen LogP contribution in [0.25, 0.3) is 0 Å². The van der Waals surface area contributed by atoms with Gasteiger partial charge in [-0.25, -0.2) is 4.98 Å². The highest BCUT2D eigenvalue weighted by Gasteiger charge is 2.11. The average Bonchev–Trinajstić information content (AvgIpc) is 2.74. The highest BCUT2D eigenvalue weighted by Crippen LogP contribution is 2.29. The topological polar surface area (TPSA) is 75.7 Å². The minimum atomic E-state index is -0.286. The first-order valence-corrected chi connectivity index (χ1v) is 9.04. The maximum atomic E-state index is 12.6. The highest BCUT2D eigenvalue weighted by atomic mass is 16.5. The molecule has 0 atom stereocenters. The van der Waals surface area contributed by atoms with Crippen LogP contribution in [0, 0.1) is 0 Å². The molecule has 2 aromatic carbocycles. The number of hydrogen-bond donors (Lipinski definition) is 2. The number of pyridine rings is 1. The summed E-state index contributed by atoms with van der Waals surface area (Å²) in [7, 11) is 7.10. The van der Waals surface area contributed by atoms with Crippen molar-refractivity contribution in [3.05, 3.63) is 66.4 Å². The van der Waals surface area contributed by atoms with E-state index < -0.39 is 0 Å². The lowest BCUT2D eigenvalue weighted by Crippen LogP contribution is -2.13. The van der Waals surface area contributed by atoms with Gasteiger partial charge in [0.15, 0.2) is 0 Å². The van der Waals surface area contributed by atoms with Crippen LogP contribution in [0.4, 0.5) is 22.9 Å². The molecule has 1 aromatic heterocycles. The Bertz CT molecular complexity index is 970. The summed E-state index contributed by atoms with van der Waals surface area (Å²) in [5.74, 6) is 1.54. The molecule has 3 rings (SSSR count). The summed E-state index contributed by atoms with van der Waals surface area (Å²) < 4.78 is 10.5. The van der Waals surface area contributed by atoms with Gasteiger partial charge in [-0.05, 0) is 48.5 Å². The molecule has 0 radical (unpaired) electrons. The van der Waals surface area contributed by atoms with Gasteiger partial charge in [-0.3, -0.25) is 4.79 Å². The van der Waals surface area contributed by atoms with Gasteiger partial charge in [-0.15, -0.1) is 0 Å². The van der Waals surface area contributed by atoms with Crippen molar-refractivity contribution >= 4 is 28.8 Å². The lowest BCUT2D eigenvalue weighted by Gasteiger charge is -2.13. The van der Waals surface area contributed by atoms with Gasteiger partial charge >= 0.3 is 0 Å². The number of amides is 1. The van der Waals surface area contributed by atoms with E-state index in [0.717, 1.165) is 11.4 Å². The fourth-order valence-electron chi connectivity index (χ4n) is 2.70. The molecule has 0 unspecified atom stereocenters. The van der Waals surface area contributed by atoms with E-state index in [9.17, 15) is 4.79 Å². The fourth-order valence-corrected chi connectivity index (χ4v) is 2.70. The zero-order valence-electron chi connectivity index (χ0n) is 16.9. The third-order valence-corrected chi connectivity index (χ3v) is 4.34. The molecule has 2 N–H and O–H groups in total. The van der Waals surface area contributed by atoms with Crippen LogP contribution in [0.15, 0.2) is 60.8 Å². The van der Waals surface area contributed by atoms with Gasteiger partial charge in [0.05, 0.1) is 25.5 Å². The molecule has 0 saturated heterocycles. The van der Waals surface area contributed by atoms with E-state index in [1.165, 1.54) is 6.20 Å². The molecule has 0 saturated carbocycles. The number of hydrogen-bond acceptors (Lipinski definition) is 6. The number of aromatic nitrogens is 1. The number of nitrogens with one attached hydrogen (secondary N) is 2. The molecule has 7 heteroatoms. The first-order chi connectivity index (χ1) is 14.0. The Labute approximate surface area is 170 Å². The molecule has 0 aliphatic carbocycles. The van der Waals surface area contributed by atoms with Crippen LogP contribution in [-0.2, 0) is 0 Å². The Balaban J connectivity index is 1.69. The SMILES string of the molecule is COc1ccc(OC)c(NC(=O)c2ccc(Nc3ccc(N(C)C)cc3)nc2)c1. The molecule has 0 bridgehead atoms. The van der Waals surface area contributed by atoms with Crippen LogP contribution in [0.1, 0.15) is 10.4 Å². The summed E-state index contributed by atoms with van der Waals surface area (Å²) in [5, 5.41) is 6.05. The second-order valence-corrected chi connectivity index (χ2v) is 6.52. The quantitative estimate of drug-likeness (QED) is 0.629. The zero-order valence-corrected chi connectivity index (χ0v) is 16.9. The van der Waals surface area contributed by atoms with Gasteiger partial charge in [-0.1, -0.05) is 0 Å². The first-order valence-electron chi connectivity index (χ1n) is 9.04. The summed E-state index contributed by atoms with van der Waals surface area (Å²) in [6.07, 6.45) is 1.53. The van der Waals surface area contributed by atoms with Crippen LogP contribution in [0.5, 0.6) is 11.5 Å². The van der Waals surface area contributed by atoms with Crippen molar-refractivity contribution in [1.29, 1.82) is 0 Å². The van der Waals surface area contributed by atoms with Crippen molar-refractivity contribution in [1.82, 2.24) is 4.98 Å². The van der Waals surface area contributed by atoms with E-state index in [2.05, 4.69) is 15.6 Å². The van der Waals surface area contributed by atoms with Gasteiger partial charge in [0, 0.05) is 37.7 Å². The van der Waals surface area contributed by atoms with Crippen molar-refractivity contribution in [2.45, 2.75) is 0 Å². The summed E-state index contributed by atoms with van der Waals surface area (Å²) >= 11 is 0. The zero-order chi connectivity index (χ0) is 20.8. The standard InChI is InChI=1S/C22H24N4O3/c1-26(2)17-8-6-16(7-9-17)24-21-12-5-15(14-23-21)22(27)25-19-13-18(28-3)10-11-20(19)29-4/h5-14H,1-4H3,(H,23,24)(H,25,27). The molecule has 29 heavy (non-hydrogen) atoms. The van der Waals surface area contributed by atoms with Crippen LogP contribution >= 0.6 is 0 Å². The summed E-state index contributed by atoms with van der Waals surface area (Å²) in [6.45, 7) is 0. The van der Waals surface area contributed by atoms with Crippen molar-refractivity contribution in [2.24, 2.45) is 0 Å². The van der Waals surface area contributed by atoms with Crippen molar-refractivity contribution in [2.75, 3.05) is 43.8 Å². The van der Waals surface area contributed by atoms with E-state index >= 15 is 0 Å². The van der Waals surface area contributed by atoms with E-state index in [1.54, 1.807) is 44.6 Å². The molecule has 0 aliphatic heterocycles. The maximum Gasteiger partial charge on any atom is 0.257 e. The second kappa shape index (κ2) is 8.97. The number of rotatable bonds is 7. The minimum Gasteiger partial charge on any atom is -0.497 e. The Hall–Kier alpha value is -3.74. The Morgan fingerprint density at radius 3 is 2.31 bits per heavy atom. The minimum absolute atomic E-state index is 0.286. The predicted molar refractivity (Wildman–Crippen MR) is 116 cm³/mol. The van der Waals surface area contributed by atoms with Crippen LogP contribution in [-0.4, -0.2) is 39.2 Å². The third-order valence-electron chi connectivity index (χ3n) is 4.34. The molecule has 1 amide bonds. The van der Waals surface area contributed by atoms with Gasteiger partial charge in [0.25, 0.3) is 5.91 Å². The molecule has 7 nitrogen and oxygen atoms in total. The summed E-state index contributed by atoms with van der Waals surface area (Å²) in [5.41, 5.74) is 2.99. The fraction of sp³-hybridized carbons (Fsp3) is 0.182. The first kappa shape index (κ1) is 20.0. The molecule has 3 aromatic rings. The Morgan fingerprint density at radius 1 is 0.966 bits per heavy atom. The van der Waals surface area contributed by atoms with E-state index in [-0.39, 0.29) is 5.91 Å². The van der Waals surface area contributed by atoms with Gasteiger partial charge in [0.2, 0.25) is 0 Å².